The molecule has 14 heavy (non-hydrogen) atoms. The molecule has 0 radical (unpaired) electrons. The van der Waals surface area contributed by atoms with E-state index in [2.05, 4.69) is 18.8 Å². The Balaban J connectivity index is 3.07. The van der Waals surface area contributed by atoms with Crippen molar-refractivity contribution in [3.8, 4) is 0 Å². The average Bonchev–Trinajstić information content (AvgIpc) is 2.52. The lowest BCUT2D eigenvalue weighted by Gasteiger charge is -2.09. The number of aromatic nitrogens is 1. The zero-order valence-corrected chi connectivity index (χ0v) is 8.94. The molecule has 1 heterocycles. The SMILES string of the molecule is C/C=C\N=C(/c1cccn1N)C(C)C. The van der Waals surface area contributed by atoms with Crippen LogP contribution in [0, 0.1) is 5.92 Å². The number of nitrogens with zero attached hydrogens (tertiary/aromatic N) is 2. The van der Waals surface area contributed by atoms with Gasteiger partial charge in [0.2, 0.25) is 0 Å². The first kappa shape index (κ1) is 10.6. The summed E-state index contributed by atoms with van der Waals surface area (Å²) >= 11 is 0. The number of rotatable bonds is 3. The van der Waals surface area contributed by atoms with Crippen LogP contribution >= 0.6 is 0 Å². The minimum absolute atomic E-state index is 0.364. The van der Waals surface area contributed by atoms with Gasteiger partial charge in [-0.2, -0.15) is 0 Å². The summed E-state index contributed by atoms with van der Waals surface area (Å²) in [7, 11) is 0. The molecule has 3 heteroatoms. The molecular formula is C11H17N3. The van der Waals surface area contributed by atoms with Crippen molar-refractivity contribution in [2.45, 2.75) is 20.8 Å². The Morgan fingerprint density at radius 1 is 1.57 bits per heavy atom. The highest BCUT2D eigenvalue weighted by atomic mass is 15.3. The minimum Gasteiger partial charge on any atom is -0.339 e. The second-order valence-corrected chi connectivity index (χ2v) is 3.45. The van der Waals surface area contributed by atoms with Gasteiger partial charge in [-0.05, 0) is 25.0 Å². The van der Waals surface area contributed by atoms with E-state index in [0.717, 1.165) is 11.4 Å². The van der Waals surface area contributed by atoms with Gasteiger partial charge < -0.3 is 5.84 Å². The average molecular weight is 191 g/mol. The zero-order valence-electron chi connectivity index (χ0n) is 8.94. The minimum atomic E-state index is 0.364. The molecule has 0 spiro atoms. The van der Waals surface area contributed by atoms with Gasteiger partial charge in [0.15, 0.2) is 0 Å². The van der Waals surface area contributed by atoms with Crippen LogP contribution in [0.15, 0.2) is 35.6 Å². The third kappa shape index (κ3) is 2.25. The van der Waals surface area contributed by atoms with E-state index >= 15 is 0 Å². The van der Waals surface area contributed by atoms with Gasteiger partial charge >= 0.3 is 0 Å². The van der Waals surface area contributed by atoms with Gasteiger partial charge in [-0.25, -0.2) is 0 Å². The van der Waals surface area contributed by atoms with E-state index in [1.54, 1.807) is 10.9 Å². The predicted octanol–water partition coefficient (Wildman–Crippen LogP) is 2.18. The molecule has 0 saturated heterocycles. The standard InChI is InChI=1S/C11H17N3/c1-4-7-13-11(9(2)3)10-6-5-8-14(10)12/h4-9H,12H2,1-3H3/b7-4-,13-11-. The molecule has 1 aromatic rings. The van der Waals surface area contributed by atoms with Gasteiger partial charge in [-0.1, -0.05) is 19.9 Å². The van der Waals surface area contributed by atoms with Crippen LogP contribution in [0.3, 0.4) is 0 Å². The molecule has 2 N–H and O–H groups in total. The Morgan fingerprint density at radius 3 is 2.71 bits per heavy atom. The summed E-state index contributed by atoms with van der Waals surface area (Å²) in [6.07, 6.45) is 5.53. The molecule has 0 aliphatic carbocycles. The van der Waals surface area contributed by atoms with E-state index in [1.807, 2.05) is 31.3 Å². The topological polar surface area (TPSA) is 43.3 Å². The molecule has 0 amide bonds. The lowest BCUT2D eigenvalue weighted by atomic mass is 10.1. The van der Waals surface area contributed by atoms with Crippen LogP contribution < -0.4 is 5.84 Å². The van der Waals surface area contributed by atoms with Crippen molar-refractivity contribution < 1.29 is 0 Å². The third-order valence-electron chi connectivity index (χ3n) is 1.95. The maximum atomic E-state index is 5.76. The first-order valence-electron chi connectivity index (χ1n) is 4.78. The van der Waals surface area contributed by atoms with Gasteiger partial charge in [-0.15, -0.1) is 0 Å². The van der Waals surface area contributed by atoms with E-state index in [0.29, 0.717) is 5.92 Å². The fourth-order valence-electron chi connectivity index (χ4n) is 1.28. The summed E-state index contributed by atoms with van der Waals surface area (Å²) in [6.45, 7) is 6.16. The van der Waals surface area contributed by atoms with Crippen LogP contribution in [-0.4, -0.2) is 10.4 Å². The molecule has 0 aliphatic heterocycles. The quantitative estimate of drug-likeness (QED) is 0.577. The molecular weight excluding hydrogens is 174 g/mol. The van der Waals surface area contributed by atoms with Crippen molar-refractivity contribution in [2.24, 2.45) is 10.9 Å². The van der Waals surface area contributed by atoms with Crippen LogP contribution in [0.2, 0.25) is 0 Å². The summed E-state index contributed by atoms with van der Waals surface area (Å²) in [5, 5.41) is 0. The van der Waals surface area contributed by atoms with Crippen LogP contribution in [0.1, 0.15) is 26.5 Å². The highest BCUT2D eigenvalue weighted by Crippen LogP contribution is 2.09. The zero-order chi connectivity index (χ0) is 10.6. The third-order valence-corrected chi connectivity index (χ3v) is 1.95. The summed E-state index contributed by atoms with van der Waals surface area (Å²) in [6, 6.07) is 3.89. The summed E-state index contributed by atoms with van der Waals surface area (Å²) in [5.74, 6) is 6.13. The lowest BCUT2D eigenvalue weighted by molar-refractivity contribution is 0.864. The van der Waals surface area contributed by atoms with Gasteiger partial charge in [0, 0.05) is 12.4 Å². The Labute approximate surface area is 84.9 Å². The molecule has 76 valence electrons. The smallest absolute Gasteiger partial charge is 0.0835 e. The van der Waals surface area contributed by atoms with Crippen LogP contribution in [0.25, 0.3) is 0 Å². The normalized spacial score (nSPS) is 13.0. The van der Waals surface area contributed by atoms with Crippen LogP contribution in [-0.2, 0) is 0 Å². The van der Waals surface area contributed by atoms with E-state index in [-0.39, 0.29) is 0 Å². The van der Waals surface area contributed by atoms with Gasteiger partial charge in [0.05, 0.1) is 11.4 Å². The summed E-state index contributed by atoms with van der Waals surface area (Å²) in [5.41, 5.74) is 1.98. The molecule has 0 bridgehead atoms. The van der Waals surface area contributed by atoms with E-state index in [4.69, 9.17) is 5.84 Å². The Bertz CT molecular complexity index is 345. The first-order chi connectivity index (χ1) is 6.66. The lowest BCUT2D eigenvalue weighted by Crippen LogP contribution is -2.19. The molecule has 0 atom stereocenters. The number of hydrogen-bond donors (Lipinski definition) is 1. The van der Waals surface area contributed by atoms with Crippen molar-refractivity contribution in [1.29, 1.82) is 0 Å². The molecule has 1 aromatic heterocycles. The van der Waals surface area contributed by atoms with E-state index in [9.17, 15) is 0 Å². The largest absolute Gasteiger partial charge is 0.339 e. The number of hydrogen-bond acceptors (Lipinski definition) is 2. The Kier molecular flexibility index (Phi) is 3.51. The highest BCUT2D eigenvalue weighted by molar-refractivity contribution is 6.01. The van der Waals surface area contributed by atoms with Crippen molar-refractivity contribution in [2.75, 3.05) is 5.84 Å². The second kappa shape index (κ2) is 4.65. The van der Waals surface area contributed by atoms with Gasteiger partial charge in [-0.3, -0.25) is 9.67 Å². The second-order valence-electron chi connectivity index (χ2n) is 3.45. The van der Waals surface area contributed by atoms with Crippen molar-refractivity contribution in [3.05, 3.63) is 36.3 Å². The molecule has 1 rings (SSSR count). The van der Waals surface area contributed by atoms with Crippen molar-refractivity contribution in [1.82, 2.24) is 4.68 Å². The van der Waals surface area contributed by atoms with Gasteiger partial charge in [0.1, 0.15) is 0 Å². The fourth-order valence-corrected chi connectivity index (χ4v) is 1.28. The van der Waals surface area contributed by atoms with Crippen molar-refractivity contribution in [3.63, 3.8) is 0 Å². The first-order valence-corrected chi connectivity index (χ1v) is 4.78. The molecule has 0 saturated carbocycles. The highest BCUT2D eigenvalue weighted by Gasteiger charge is 2.10. The molecule has 0 aromatic carbocycles. The monoisotopic (exact) mass is 191 g/mol. The number of nitrogen functional groups attached to an aromatic ring is 1. The molecule has 0 fully saturated rings. The van der Waals surface area contributed by atoms with E-state index in [1.165, 1.54) is 0 Å². The van der Waals surface area contributed by atoms with E-state index < -0.39 is 0 Å². The molecule has 0 aliphatic rings. The molecule has 0 unspecified atom stereocenters. The maximum absolute atomic E-state index is 5.76. The van der Waals surface area contributed by atoms with Gasteiger partial charge in [0.25, 0.3) is 0 Å². The van der Waals surface area contributed by atoms with Crippen LogP contribution in [0.4, 0.5) is 0 Å². The Hall–Kier alpha value is -1.51. The number of allylic oxidation sites excluding steroid dienone is 1. The molecule has 3 nitrogen and oxygen atoms in total. The summed E-state index contributed by atoms with van der Waals surface area (Å²) < 4.78 is 1.60. The summed E-state index contributed by atoms with van der Waals surface area (Å²) in [4.78, 5) is 4.38. The van der Waals surface area contributed by atoms with Crippen LogP contribution in [0.5, 0.6) is 0 Å². The Morgan fingerprint density at radius 2 is 2.29 bits per heavy atom. The predicted molar refractivity (Wildman–Crippen MR) is 60.8 cm³/mol. The number of nitrogens with two attached hydrogens (primary N) is 1. The maximum Gasteiger partial charge on any atom is 0.0835 e. The number of aliphatic imine (C=N–C) groups is 1. The fraction of sp³-hybridized carbons (Fsp3) is 0.364. The van der Waals surface area contributed by atoms with Crippen molar-refractivity contribution >= 4 is 5.71 Å².